The average Bonchev–Trinajstić information content (AvgIpc) is 2.95. The van der Waals surface area contributed by atoms with Crippen molar-refractivity contribution in [1.82, 2.24) is 10.2 Å². The van der Waals surface area contributed by atoms with E-state index in [4.69, 9.17) is 22.1 Å². The Morgan fingerprint density at radius 1 is 1.62 bits per heavy atom. The summed E-state index contributed by atoms with van der Waals surface area (Å²) in [5.74, 6) is -0.322. The first-order valence-electron chi connectivity index (χ1n) is 5.89. The van der Waals surface area contributed by atoms with Crippen LogP contribution in [0.2, 0.25) is 5.02 Å². The van der Waals surface area contributed by atoms with Crippen molar-refractivity contribution >= 4 is 46.3 Å². The number of rotatable bonds is 6. The van der Waals surface area contributed by atoms with Gasteiger partial charge in [0.25, 0.3) is 0 Å². The first-order valence-corrected chi connectivity index (χ1v) is 7.96. The molecule has 0 spiro atoms. The molecule has 0 fully saturated rings. The van der Waals surface area contributed by atoms with Crippen LogP contribution < -0.4 is 11.1 Å². The summed E-state index contributed by atoms with van der Waals surface area (Å²) in [4.78, 5) is 12.6. The number of carbonyl (C=O) groups is 1. The maximum Gasteiger partial charge on any atom is 0.243 e. The number of halogens is 1. The Morgan fingerprint density at radius 3 is 3.05 bits per heavy atom. The van der Waals surface area contributed by atoms with Crippen LogP contribution in [0.15, 0.2) is 32.9 Å². The third kappa shape index (κ3) is 4.65. The van der Waals surface area contributed by atoms with Gasteiger partial charge in [0.1, 0.15) is 11.6 Å². The molecule has 0 bridgehead atoms. The lowest BCUT2D eigenvalue weighted by atomic mass is 10.2. The predicted octanol–water partition coefficient (Wildman–Crippen LogP) is 2.25. The van der Waals surface area contributed by atoms with Gasteiger partial charge in [0.15, 0.2) is 4.34 Å². The number of nitrogens with zero attached hydrogens (tertiary/aromatic N) is 2. The van der Waals surface area contributed by atoms with Gasteiger partial charge in [-0.25, -0.2) is 0 Å². The van der Waals surface area contributed by atoms with Crippen LogP contribution >= 0.6 is 34.7 Å². The number of ether oxygens (including phenoxy) is 1. The van der Waals surface area contributed by atoms with Crippen molar-refractivity contribution in [1.29, 1.82) is 0 Å². The van der Waals surface area contributed by atoms with Crippen LogP contribution in [0.4, 0.5) is 5.69 Å². The number of nitrogens with two attached hydrogens (primary N) is 1. The second-order valence-corrected chi connectivity index (χ2v) is 6.53. The van der Waals surface area contributed by atoms with E-state index in [1.165, 1.54) is 30.2 Å². The first-order chi connectivity index (χ1) is 10.1. The zero-order valence-electron chi connectivity index (χ0n) is 11.1. The Morgan fingerprint density at radius 2 is 2.43 bits per heavy atom. The monoisotopic (exact) mass is 344 g/mol. The number of benzene rings is 1. The SMILES string of the molecule is COCC(N)C(=O)Nc1ccc(Sc2nncs2)c(Cl)c1. The van der Waals surface area contributed by atoms with E-state index in [1.807, 2.05) is 6.07 Å². The van der Waals surface area contributed by atoms with Gasteiger partial charge < -0.3 is 15.8 Å². The van der Waals surface area contributed by atoms with E-state index in [1.54, 1.807) is 17.6 Å². The minimum atomic E-state index is -0.718. The summed E-state index contributed by atoms with van der Waals surface area (Å²) in [6.45, 7) is 0.157. The molecule has 1 heterocycles. The van der Waals surface area contributed by atoms with Crippen molar-refractivity contribution in [2.75, 3.05) is 19.0 Å². The summed E-state index contributed by atoms with van der Waals surface area (Å²) < 4.78 is 5.64. The number of carbonyl (C=O) groups excluding carboxylic acids is 1. The highest BCUT2D eigenvalue weighted by atomic mass is 35.5. The molecule has 1 aromatic carbocycles. The highest BCUT2D eigenvalue weighted by Gasteiger charge is 2.14. The number of amides is 1. The molecule has 0 saturated carbocycles. The summed E-state index contributed by atoms with van der Waals surface area (Å²) in [6, 6.07) is 4.52. The molecule has 0 aliphatic heterocycles. The molecular weight excluding hydrogens is 332 g/mol. The predicted molar refractivity (Wildman–Crippen MR) is 84.0 cm³/mol. The Kier molecular flexibility index (Phi) is 5.95. The Bertz CT molecular complexity index is 609. The zero-order chi connectivity index (χ0) is 15.2. The minimum Gasteiger partial charge on any atom is -0.383 e. The molecule has 1 aromatic heterocycles. The van der Waals surface area contributed by atoms with Crippen LogP contribution in [-0.2, 0) is 9.53 Å². The van der Waals surface area contributed by atoms with Gasteiger partial charge in [-0.05, 0) is 18.2 Å². The third-order valence-corrected chi connectivity index (χ3v) is 4.70. The van der Waals surface area contributed by atoms with Gasteiger partial charge in [-0.15, -0.1) is 10.2 Å². The lowest BCUT2D eigenvalue weighted by molar-refractivity contribution is -0.118. The quantitative estimate of drug-likeness (QED) is 0.835. The average molecular weight is 345 g/mol. The number of hydrogen-bond acceptors (Lipinski definition) is 7. The number of nitrogens with one attached hydrogen (secondary N) is 1. The third-order valence-electron chi connectivity index (χ3n) is 2.42. The molecule has 2 aromatic rings. The van der Waals surface area contributed by atoms with E-state index < -0.39 is 6.04 Å². The number of anilines is 1. The summed E-state index contributed by atoms with van der Waals surface area (Å²) in [5.41, 5.74) is 7.88. The molecule has 0 aliphatic rings. The molecule has 0 aliphatic carbocycles. The zero-order valence-corrected chi connectivity index (χ0v) is 13.5. The van der Waals surface area contributed by atoms with Gasteiger partial charge in [-0.3, -0.25) is 4.79 Å². The Balaban J connectivity index is 2.03. The van der Waals surface area contributed by atoms with E-state index in [0.29, 0.717) is 10.7 Å². The van der Waals surface area contributed by atoms with E-state index in [-0.39, 0.29) is 12.5 Å². The van der Waals surface area contributed by atoms with Crippen LogP contribution in [0, 0.1) is 0 Å². The van der Waals surface area contributed by atoms with Crippen molar-refractivity contribution in [3.8, 4) is 0 Å². The molecule has 9 heteroatoms. The molecule has 112 valence electrons. The second-order valence-electron chi connectivity index (χ2n) is 4.00. The topological polar surface area (TPSA) is 90.1 Å². The summed E-state index contributed by atoms with van der Waals surface area (Å²) >= 11 is 9.05. The minimum absolute atomic E-state index is 0.157. The molecule has 21 heavy (non-hydrogen) atoms. The van der Waals surface area contributed by atoms with Crippen LogP contribution in [-0.4, -0.2) is 35.9 Å². The fourth-order valence-electron chi connectivity index (χ4n) is 1.45. The largest absolute Gasteiger partial charge is 0.383 e. The second kappa shape index (κ2) is 7.71. The molecule has 0 saturated heterocycles. The summed E-state index contributed by atoms with van der Waals surface area (Å²) in [6.07, 6.45) is 0. The fourth-order valence-corrected chi connectivity index (χ4v) is 3.19. The number of hydrogen-bond donors (Lipinski definition) is 2. The van der Waals surface area contributed by atoms with Gasteiger partial charge in [-0.2, -0.15) is 0 Å². The van der Waals surface area contributed by atoms with Gasteiger partial charge >= 0.3 is 0 Å². The summed E-state index contributed by atoms with van der Waals surface area (Å²) in [5, 5.41) is 10.9. The Labute approximate surface area is 135 Å². The van der Waals surface area contributed by atoms with Gasteiger partial charge in [0.2, 0.25) is 5.91 Å². The van der Waals surface area contributed by atoms with Crippen LogP contribution in [0.25, 0.3) is 0 Å². The molecule has 0 radical (unpaired) electrons. The van der Waals surface area contributed by atoms with E-state index in [0.717, 1.165) is 9.24 Å². The van der Waals surface area contributed by atoms with Crippen molar-refractivity contribution in [3.05, 3.63) is 28.7 Å². The van der Waals surface area contributed by atoms with Crippen molar-refractivity contribution < 1.29 is 9.53 Å². The van der Waals surface area contributed by atoms with Crippen molar-refractivity contribution in [2.24, 2.45) is 5.73 Å². The van der Waals surface area contributed by atoms with Crippen molar-refractivity contribution in [3.63, 3.8) is 0 Å². The number of aromatic nitrogens is 2. The molecule has 2 rings (SSSR count). The highest BCUT2D eigenvalue weighted by Crippen LogP contribution is 2.35. The van der Waals surface area contributed by atoms with Crippen molar-refractivity contribution in [2.45, 2.75) is 15.3 Å². The normalized spacial score (nSPS) is 12.1. The molecule has 1 amide bonds. The standard InChI is InChI=1S/C12H13ClN4O2S2/c1-19-5-9(14)11(18)16-7-2-3-10(8(13)4-7)21-12-17-15-6-20-12/h2-4,6,9H,5,14H2,1H3,(H,16,18). The van der Waals surface area contributed by atoms with Crippen LogP contribution in [0.1, 0.15) is 0 Å². The lowest BCUT2D eigenvalue weighted by Gasteiger charge is -2.12. The van der Waals surface area contributed by atoms with E-state index in [2.05, 4.69) is 15.5 Å². The fraction of sp³-hybridized carbons (Fsp3) is 0.250. The Hall–Kier alpha value is -1.19. The molecule has 3 N–H and O–H groups in total. The van der Waals surface area contributed by atoms with E-state index >= 15 is 0 Å². The highest BCUT2D eigenvalue weighted by molar-refractivity contribution is 8.01. The van der Waals surface area contributed by atoms with Gasteiger partial charge in [-0.1, -0.05) is 34.7 Å². The van der Waals surface area contributed by atoms with E-state index in [9.17, 15) is 4.79 Å². The first kappa shape index (κ1) is 16.2. The lowest BCUT2D eigenvalue weighted by Crippen LogP contribution is -2.39. The summed E-state index contributed by atoms with van der Waals surface area (Å²) in [7, 11) is 1.49. The molecule has 1 atom stereocenters. The molecule has 6 nitrogen and oxygen atoms in total. The molecular formula is C12H13ClN4O2S2. The maximum absolute atomic E-state index is 11.8. The smallest absolute Gasteiger partial charge is 0.243 e. The van der Waals surface area contributed by atoms with Crippen LogP contribution in [0.5, 0.6) is 0 Å². The number of methoxy groups -OCH3 is 1. The van der Waals surface area contributed by atoms with Gasteiger partial charge in [0, 0.05) is 17.7 Å². The van der Waals surface area contributed by atoms with Gasteiger partial charge in [0.05, 0.1) is 11.6 Å². The van der Waals surface area contributed by atoms with Crippen LogP contribution in [0.3, 0.4) is 0 Å². The maximum atomic E-state index is 11.8. The molecule has 1 unspecified atom stereocenters.